The molecule has 0 bridgehead atoms. The molecule has 0 fully saturated rings. The first-order chi connectivity index (χ1) is 11.7. The average Bonchev–Trinajstić information content (AvgIpc) is 3.06. The van der Waals surface area contributed by atoms with Crippen molar-refractivity contribution in [2.24, 2.45) is 0 Å². The summed E-state index contributed by atoms with van der Waals surface area (Å²) in [5.41, 5.74) is 3.60. The molecule has 0 spiro atoms. The Hall–Kier alpha value is -3.15. The fourth-order valence-electron chi connectivity index (χ4n) is 2.53. The molecule has 118 valence electrons. The van der Waals surface area contributed by atoms with Crippen LogP contribution in [0.4, 0.5) is 0 Å². The molecule has 6 heteroatoms. The van der Waals surface area contributed by atoms with Crippen LogP contribution in [0.5, 0.6) is 0 Å². The van der Waals surface area contributed by atoms with E-state index in [0.29, 0.717) is 17.5 Å². The third kappa shape index (κ3) is 2.52. The molecular formula is C18H16N6. The highest BCUT2D eigenvalue weighted by Crippen LogP contribution is 2.22. The minimum absolute atomic E-state index is 0.367. The first-order valence-electron chi connectivity index (χ1n) is 7.80. The van der Waals surface area contributed by atoms with Gasteiger partial charge in [0.15, 0.2) is 5.82 Å². The minimum Gasteiger partial charge on any atom is -0.282 e. The molecule has 0 aliphatic heterocycles. The SMILES string of the molecule is CC(C)c1ccn2c(-c3ccnc(-c4cccnc4)n3)cnc2n1. The number of hydrogen-bond acceptors (Lipinski definition) is 5. The molecular weight excluding hydrogens is 300 g/mol. The number of hydrogen-bond donors (Lipinski definition) is 0. The van der Waals surface area contributed by atoms with Gasteiger partial charge in [-0.2, -0.15) is 0 Å². The molecule has 4 heterocycles. The first-order valence-corrected chi connectivity index (χ1v) is 7.80. The van der Waals surface area contributed by atoms with E-state index in [-0.39, 0.29) is 0 Å². The van der Waals surface area contributed by atoms with Crippen LogP contribution in [-0.2, 0) is 0 Å². The maximum atomic E-state index is 4.65. The largest absolute Gasteiger partial charge is 0.282 e. The molecule has 0 aromatic carbocycles. The zero-order valence-electron chi connectivity index (χ0n) is 13.5. The second-order valence-electron chi connectivity index (χ2n) is 5.83. The zero-order valence-corrected chi connectivity index (χ0v) is 13.5. The van der Waals surface area contributed by atoms with E-state index in [1.54, 1.807) is 24.8 Å². The Morgan fingerprint density at radius 2 is 1.88 bits per heavy atom. The van der Waals surface area contributed by atoms with E-state index >= 15 is 0 Å². The third-order valence-electron chi connectivity index (χ3n) is 3.83. The lowest BCUT2D eigenvalue weighted by Gasteiger charge is -2.06. The van der Waals surface area contributed by atoms with E-state index in [1.165, 1.54) is 0 Å². The topological polar surface area (TPSA) is 68.9 Å². The highest BCUT2D eigenvalue weighted by molar-refractivity contribution is 5.62. The molecule has 0 aliphatic rings. The van der Waals surface area contributed by atoms with E-state index in [1.807, 2.05) is 34.9 Å². The van der Waals surface area contributed by atoms with Crippen LogP contribution in [0.1, 0.15) is 25.5 Å². The Morgan fingerprint density at radius 1 is 0.958 bits per heavy atom. The molecule has 4 rings (SSSR count). The molecule has 0 saturated carbocycles. The summed E-state index contributed by atoms with van der Waals surface area (Å²) in [5.74, 6) is 1.69. The van der Waals surface area contributed by atoms with Crippen molar-refractivity contribution in [2.45, 2.75) is 19.8 Å². The summed E-state index contributed by atoms with van der Waals surface area (Å²) in [4.78, 5) is 22.1. The highest BCUT2D eigenvalue weighted by Gasteiger charge is 2.11. The van der Waals surface area contributed by atoms with Gasteiger partial charge in [0.05, 0.1) is 17.6 Å². The molecule has 0 aliphatic carbocycles. The number of rotatable bonds is 3. The van der Waals surface area contributed by atoms with Crippen molar-refractivity contribution in [3.63, 3.8) is 0 Å². The van der Waals surface area contributed by atoms with E-state index in [4.69, 9.17) is 0 Å². The molecule has 0 atom stereocenters. The summed E-state index contributed by atoms with van der Waals surface area (Å²) < 4.78 is 1.95. The Morgan fingerprint density at radius 3 is 2.67 bits per heavy atom. The van der Waals surface area contributed by atoms with Gasteiger partial charge in [0.1, 0.15) is 0 Å². The van der Waals surface area contributed by atoms with E-state index in [9.17, 15) is 0 Å². The summed E-state index contributed by atoms with van der Waals surface area (Å²) in [6, 6.07) is 7.71. The van der Waals surface area contributed by atoms with Crippen molar-refractivity contribution in [2.75, 3.05) is 0 Å². The van der Waals surface area contributed by atoms with Gasteiger partial charge in [-0.15, -0.1) is 0 Å². The lowest BCUT2D eigenvalue weighted by Crippen LogP contribution is -1.98. The van der Waals surface area contributed by atoms with Gasteiger partial charge in [-0.3, -0.25) is 9.38 Å². The van der Waals surface area contributed by atoms with Crippen molar-refractivity contribution < 1.29 is 0 Å². The van der Waals surface area contributed by atoms with E-state index < -0.39 is 0 Å². The van der Waals surface area contributed by atoms with Crippen LogP contribution >= 0.6 is 0 Å². The monoisotopic (exact) mass is 316 g/mol. The van der Waals surface area contributed by atoms with Gasteiger partial charge in [-0.25, -0.2) is 19.9 Å². The van der Waals surface area contributed by atoms with Crippen LogP contribution in [0.25, 0.3) is 28.6 Å². The second-order valence-corrected chi connectivity index (χ2v) is 5.83. The van der Waals surface area contributed by atoms with Crippen molar-refractivity contribution in [1.82, 2.24) is 29.3 Å². The number of pyridine rings is 1. The lowest BCUT2D eigenvalue weighted by molar-refractivity contribution is 0.817. The Bertz CT molecular complexity index is 991. The molecule has 6 nitrogen and oxygen atoms in total. The van der Waals surface area contributed by atoms with Crippen LogP contribution < -0.4 is 0 Å². The quantitative estimate of drug-likeness (QED) is 0.579. The number of aromatic nitrogens is 6. The summed E-state index contributed by atoms with van der Waals surface area (Å²) in [7, 11) is 0. The number of nitrogens with zero attached hydrogens (tertiary/aromatic N) is 6. The van der Waals surface area contributed by atoms with E-state index in [0.717, 1.165) is 22.6 Å². The normalized spacial score (nSPS) is 11.3. The third-order valence-corrected chi connectivity index (χ3v) is 3.83. The minimum atomic E-state index is 0.367. The molecule has 24 heavy (non-hydrogen) atoms. The lowest BCUT2D eigenvalue weighted by atomic mass is 10.1. The van der Waals surface area contributed by atoms with Crippen LogP contribution in [0, 0.1) is 0 Å². The smallest absolute Gasteiger partial charge is 0.234 e. The number of fused-ring (bicyclic) bond motifs is 1. The molecule has 0 N–H and O–H groups in total. The predicted molar refractivity (Wildman–Crippen MR) is 91.3 cm³/mol. The average molecular weight is 316 g/mol. The van der Waals surface area contributed by atoms with Crippen LogP contribution in [0.2, 0.25) is 0 Å². The molecule has 0 amide bonds. The van der Waals surface area contributed by atoms with Gasteiger partial charge in [-0.1, -0.05) is 13.8 Å². The van der Waals surface area contributed by atoms with Gasteiger partial charge in [-0.05, 0) is 30.2 Å². The van der Waals surface area contributed by atoms with Gasteiger partial charge in [0.2, 0.25) is 5.78 Å². The predicted octanol–water partition coefficient (Wildman–Crippen LogP) is 3.37. The van der Waals surface area contributed by atoms with Crippen molar-refractivity contribution in [1.29, 1.82) is 0 Å². The molecule has 4 aromatic rings. The first kappa shape index (κ1) is 14.4. The Kier molecular flexibility index (Phi) is 3.49. The van der Waals surface area contributed by atoms with Gasteiger partial charge in [0.25, 0.3) is 0 Å². The summed E-state index contributed by atoms with van der Waals surface area (Å²) in [5, 5.41) is 0. The van der Waals surface area contributed by atoms with Crippen LogP contribution in [0.15, 0.2) is 55.2 Å². The second kappa shape index (κ2) is 5.81. The summed E-state index contributed by atoms with van der Waals surface area (Å²) >= 11 is 0. The fraction of sp³-hybridized carbons (Fsp3) is 0.167. The summed E-state index contributed by atoms with van der Waals surface area (Å²) in [6.07, 6.45) is 9.02. The van der Waals surface area contributed by atoms with Crippen molar-refractivity contribution in [3.8, 4) is 22.8 Å². The molecule has 0 saturated heterocycles. The van der Waals surface area contributed by atoms with Gasteiger partial charge < -0.3 is 0 Å². The standard InChI is InChI=1S/C18H16N6/c1-12(2)14-6-9-24-16(11-21-18(24)23-14)15-5-8-20-17(22-15)13-4-3-7-19-10-13/h3-12H,1-2H3. The van der Waals surface area contributed by atoms with Crippen LogP contribution in [-0.4, -0.2) is 29.3 Å². The highest BCUT2D eigenvalue weighted by atomic mass is 15.1. The Labute approximate surface area is 139 Å². The van der Waals surface area contributed by atoms with Gasteiger partial charge >= 0.3 is 0 Å². The zero-order chi connectivity index (χ0) is 16.5. The number of imidazole rings is 1. The maximum Gasteiger partial charge on any atom is 0.234 e. The fourth-order valence-corrected chi connectivity index (χ4v) is 2.53. The molecule has 0 radical (unpaired) electrons. The summed E-state index contributed by atoms with van der Waals surface area (Å²) in [6.45, 7) is 4.24. The van der Waals surface area contributed by atoms with Crippen LogP contribution in [0.3, 0.4) is 0 Å². The van der Waals surface area contributed by atoms with Crippen molar-refractivity contribution in [3.05, 3.63) is 60.9 Å². The maximum absolute atomic E-state index is 4.65. The van der Waals surface area contributed by atoms with Crippen molar-refractivity contribution >= 4 is 5.78 Å². The molecule has 4 aromatic heterocycles. The molecule has 0 unspecified atom stereocenters. The Balaban J connectivity index is 1.81. The van der Waals surface area contributed by atoms with E-state index in [2.05, 4.69) is 38.8 Å². The van der Waals surface area contributed by atoms with Gasteiger partial charge in [0, 0.05) is 36.0 Å².